The minimum absolute atomic E-state index is 0.0597. The molecule has 1 aliphatic heterocycles. The topological polar surface area (TPSA) is 103 Å². The Morgan fingerprint density at radius 2 is 1.31 bits per heavy atom. The Balaban J connectivity index is 1.71. The average Bonchev–Trinajstić information content (AvgIpc) is 2.73. The second-order valence-electron chi connectivity index (χ2n) is 7.19. The highest BCUT2D eigenvalue weighted by Gasteiger charge is 2.42. The molecule has 3 N–H and O–H groups in total. The van der Waals surface area contributed by atoms with Gasteiger partial charge in [0.1, 0.15) is 12.1 Å². The maximum absolute atomic E-state index is 13.0. The lowest BCUT2D eigenvalue weighted by Crippen LogP contribution is -2.63. The highest BCUT2D eigenvalue weighted by Crippen LogP contribution is 2.22. The van der Waals surface area contributed by atoms with Crippen molar-refractivity contribution in [2.75, 3.05) is 32.3 Å². The zero-order valence-electron chi connectivity index (χ0n) is 16.9. The van der Waals surface area contributed by atoms with Crippen LogP contribution in [0.5, 0.6) is 0 Å². The molecule has 0 aliphatic carbocycles. The molecule has 0 radical (unpaired) electrons. The molecule has 1 heterocycles. The molecule has 2 aromatic rings. The molecule has 2 atom stereocenters. The van der Waals surface area contributed by atoms with Gasteiger partial charge in [-0.25, -0.2) is 0 Å². The maximum atomic E-state index is 13.0. The summed E-state index contributed by atoms with van der Waals surface area (Å²) in [5.74, 6) is -0.120. The van der Waals surface area contributed by atoms with Crippen LogP contribution in [-0.2, 0) is 22.4 Å². The fraction of sp³-hybridized carbons (Fsp3) is 0.333. The van der Waals surface area contributed by atoms with E-state index in [1.54, 1.807) is 43.1 Å². The minimum atomic E-state index is -0.524. The summed E-state index contributed by atoms with van der Waals surface area (Å²) in [4.78, 5) is 29.2. The number of nitrogens with one attached hydrogen (secondary N) is 1. The first-order valence-electron chi connectivity index (χ1n) is 9.42. The lowest BCUT2D eigenvalue weighted by Gasteiger charge is -2.42. The third-order valence-electron chi connectivity index (χ3n) is 5.27. The first-order chi connectivity index (χ1) is 13.9. The van der Waals surface area contributed by atoms with Crippen LogP contribution in [-0.4, -0.2) is 54.8 Å². The molecule has 1 saturated heterocycles. The summed E-state index contributed by atoms with van der Waals surface area (Å²) in [7, 11) is 4.98. The molecule has 1 fully saturated rings. The molecule has 3 rings (SSSR count). The van der Waals surface area contributed by atoms with E-state index in [4.69, 9.17) is 5.73 Å². The van der Waals surface area contributed by atoms with Crippen LogP contribution in [0.2, 0.25) is 0 Å². The van der Waals surface area contributed by atoms with E-state index < -0.39 is 12.1 Å². The van der Waals surface area contributed by atoms with Gasteiger partial charge in [0.25, 0.3) is 0 Å². The third kappa shape index (κ3) is 4.53. The molecule has 2 aromatic carbocycles. The van der Waals surface area contributed by atoms with Gasteiger partial charge in [-0.1, -0.05) is 29.5 Å². The number of piperazine rings is 1. The molecule has 0 saturated carbocycles. The van der Waals surface area contributed by atoms with Gasteiger partial charge in [0.2, 0.25) is 11.8 Å². The van der Waals surface area contributed by atoms with Gasteiger partial charge in [0, 0.05) is 32.6 Å². The summed E-state index contributed by atoms with van der Waals surface area (Å²) in [6.45, 7) is 0. The Morgan fingerprint density at radius 3 is 1.76 bits per heavy atom. The van der Waals surface area contributed by atoms with Crippen molar-refractivity contribution in [3.63, 3.8) is 0 Å². The molecular weight excluding hydrogens is 368 g/mol. The fourth-order valence-corrected chi connectivity index (χ4v) is 3.48. The number of carbonyl (C=O) groups is 2. The van der Waals surface area contributed by atoms with Crippen molar-refractivity contribution in [2.24, 2.45) is 10.3 Å². The minimum Gasteiger partial charge on any atom is -0.399 e. The molecule has 0 spiro atoms. The molecule has 152 valence electrons. The van der Waals surface area contributed by atoms with Gasteiger partial charge >= 0.3 is 0 Å². The van der Waals surface area contributed by atoms with Gasteiger partial charge in [-0.2, -0.15) is 5.11 Å². The van der Waals surface area contributed by atoms with Crippen LogP contribution in [0.3, 0.4) is 0 Å². The molecule has 2 amide bonds. The van der Waals surface area contributed by atoms with Crippen LogP contribution in [0.25, 0.3) is 0 Å². The lowest BCUT2D eigenvalue weighted by molar-refractivity contribution is -0.158. The summed E-state index contributed by atoms with van der Waals surface area (Å²) in [6.07, 6.45) is 0.917. The molecule has 1 aliphatic rings. The van der Waals surface area contributed by atoms with Crippen molar-refractivity contribution >= 4 is 23.2 Å². The number of hydrogen-bond acceptors (Lipinski definition) is 5. The van der Waals surface area contributed by atoms with Crippen LogP contribution >= 0.6 is 0 Å². The smallest absolute Gasteiger partial charge is 0.246 e. The SMILES string of the molecule is CN=NNc1ccc(CC2C(=O)N(C)C(Cc3ccc(N)cc3)C(=O)N2C)cc1. The Kier molecular flexibility index (Phi) is 6.11. The summed E-state index contributed by atoms with van der Waals surface area (Å²) < 4.78 is 0. The Hall–Kier alpha value is -3.42. The summed E-state index contributed by atoms with van der Waals surface area (Å²) >= 11 is 0. The van der Waals surface area contributed by atoms with E-state index in [0.717, 1.165) is 16.8 Å². The Labute approximate surface area is 170 Å². The molecule has 29 heavy (non-hydrogen) atoms. The van der Waals surface area contributed by atoms with Gasteiger partial charge in [0.15, 0.2) is 0 Å². The van der Waals surface area contributed by atoms with Crippen LogP contribution in [0.1, 0.15) is 11.1 Å². The van der Waals surface area contributed by atoms with Crippen LogP contribution in [0.15, 0.2) is 58.9 Å². The number of nitrogens with two attached hydrogens (primary N) is 1. The first kappa shape index (κ1) is 20.3. The van der Waals surface area contributed by atoms with E-state index in [9.17, 15) is 9.59 Å². The number of likely N-dealkylation sites (N-methyl/N-ethyl adjacent to an activating group) is 2. The molecular formula is C21H26N6O2. The predicted octanol–water partition coefficient (Wildman–Crippen LogP) is 2.13. The molecule has 2 unspecified atom stereocenters. The van der Waals surface area contributed by atoms with Crippen molar-refractivity contribution in [1.82, 2.24) is 9.80 Å². The average molecular weight is 394 g/mol. The van der Waals surface area contributed by atoms with Crippen molar-refractivity contribution < 1.29 is 9.59 Å². The third-order valence-corrected chi connectivity index (χ3v) is 5.27. The van der Waals surface area contributed by atoms with Crippen LogP contribution < -0.4 is 11.2 Å². The van der Waals surface area contributed by atoms with E-state index in [0.29, 0.717) is 18.5 Å². The van der Waals surface area contributed by atoms with E-state index in [-0.39, 0.29) is 11.8 Å². The number of nitrogens with zero attached hydrogens (tertiary/aromatic N) is 4. The van der Waals surface area contributed by atoms with Crippen LogP contribution in [0.4, 0.5) is 11.4 Å². The summed E-state index contributed by atoms with van der Waals surface area (Å²) in [6, 6.07) is 13.9. The van der Waals surface area contributed by atoms with Gasteiger partial charge in [-0.15, -0.1) is 0 Å². The number of hydrogen-bond donors (Lipinski definition) is 2. The summed E-state index contributed by atoms with van der Waals surface area (Å²) in [5.41, 5.74) is 11.9. The molecule has 8 nitrogen and oxygen atoms in total. The highest BCUT2D eigenvalue weighted by atomic mass is 16.2. The second-order valence-corrected chi connectivity index (χ2v) is 7.19. The van der Waals surface area contributed by atoms with E-state index >= 15 is 0 Å². The second kappa shape index (κ2) is 8.72. The van der Waals surface area contributed by atoms with E-state index in [1.807, 2.05) is 36.4 Å². The van der Waals surface area contributed by atoms with Crippen molar-refractivity contribution in [1.29, 1.82) is 0 Å². The zero-order valence-corrected chi connectivity index (χ0v) is 16.9. The van der Waals surface area contributed by atoms with E-state index in [2.05, 4.69) is 15.8 Å². The number of carbonyl (C=O) groups excluding carboxylic acids is 2. The monoisotopic (exact) mass is 394 g/mol. The van der Waals surface area contributed by atoms with Gasteiger partial charge < -0.3 is 15.5 Å². The summed E-state index contributed by atoms with van der Waals surface area (Å²) in [5, 5.41) is 7.37. The maximum Gasteiger partial charge on any atom is 0.246 e. The van der Waals surface area contributed by atoms with Crippen molar-refractivity contribution in [3.8, 4) is 0 Å². The molecule has 0 aromatic heterocycles. The Morgan fingerprint density at radius 1 is 0.862 bits per heavy atom. The molecule has 8 heteroatoms. The number of anilines is 2. The standard InChI is InChI=1S/C21H26N6O2/c1-23-25-24-17-10-6-15(7-11-17)13-19-21(29)26(2)18(20(28)27(19)3)12-14-4-8-16(22)9-5-14/h4-11,18-19H,12-13,22H2,1-3H3,(H,23,24). The molecule has 0 bridgehead atoms. The van der Waals surface area contributed by atoms with Crippen molar-refractivity contribution in [3.05, 3.63) is 59.7 Å². The first-order valence-corrected chi connectivity index (χ1v) is 9.42. The highest BCUT2D eigenvalue weighted by molar-refractivity contribution is 5.97. The van der Waals surface area contributed by atoms with Gasteiger partial charge in [-0.05, 0) is 35.4 Å². The Bertz CT molecular complexity index is 894. The van der Waals surface area contributed by atoms with Crippen molar-refractivity contribution in [2.45, 2.75) is 24.9 Å². The van der Waals surface area contributed by atoms with Gasteiger partial charge in [-0.3, -0.25) is 15.0 Å². The van der Waals surface area contributed by atoms with Gasteiger partial charge in [0.05, 0.1) is 12.7 Å². The number of rotatable bonds is 6. The fourth-order valence-electron chi connectivity index (χ4n) is 3.48. The van der Waals surface area contributed by atoms with Crippen LogP contribution in [0, 0.1) is 0 Å². The number of benzene rings is 2. The predicted molar refractivity (Wildman–Crippen MR) is 112 cm³/mol. The number of nitrogen functional groups attached to an aromatic ring is 1. The van der Waals surface area contributed by atoms with E-state index in [1.165, 1.54) is 0 Å². The lowest BCUT2D eigenvalue weighted by atomic mass is 9.95. The normalized spacial score (nSPS) is 19.8. The quantitative estimate of drug-likeness (QED) is 0.445. The number of amides is 2. The largest absolute Gasteiger partial charge is 0.399 e. The zero-order chi connectivity index (χ0) is 21.0.